The van der Waals surface area contributed by atoms with E-state index in [1.54, 1.807) is 24.4 Å². The first kappa shape index (κ1) is 20.7. The van der Waals surface area contributed by atoms with Crippen molar-refractivity contribution in [2.24, 2.45) is 10.9 Å². The van der Waals surface area contributed by atoms with E-state index >= 15 is 0 Å². The molecule has 2 aromatic carbocycles. The normalized spacial score (nSPS) is 12.3. The number of aliphatic hydroxyl groups is 1. The Morgan fingerprint density at radius 3 is 2.81 bits per heavy atom. The summed E-state index contributed by atoms with van der Waals surface area (Å²) in [5.41, 5.74) is 3.20. The molecule has 0 bridgehead atoms. The molecule has 4 aromatic rings. The Hall–Kier alpha value is -3.54. The van der Waals surface area contributed by atoms with Crippen molar-refractivity contribution in [2.45, 2.75) is 6.42 Å². The van der Waals surface area contributed by atoms with E-state index in [1.807, 2.05) is 30.3 Å². The zero-order valence-electron chi connectivity index (χ0n) is 16.3. The second-order valence-electron chi connectivity index (χ2n) is 7.03. The molecule has 0 aliphatic heterocycles. The molecule has 0 saturated carbocycles. The second-order valence-corrected chi connectivity index (χ2v) is 7.88. The summed E-state index contributed by atoms with van der Waals surface area (Å²) in [5, 5.41) is 19.0. The highest BCUT2D eigenvalue weighted by Crippen LogP contribution is 2.30. The van der Waals surface area contributed by atoms with Crippen LogP contribution in [0.3, 0.4) is 0 Å². The van der Waals surface area contributed by atoms with E-state index in [9.17, 15) is 15.2 Å². The number of imidazole rings is 1. The number of H-pyrrole nitrogens is 2. The van der Waals surface area contributed by atoms with Gasteiger partial charge in [-0.2, -0.15) is 5.26 Å². The molecule has 3 N–H and O–H groups in total. The Kier molecular flexibility index (Phi) is 6.07. The molecule has 2 heterocycles. The number of pyridine rings is 1. The van der Waals surface area contributed by atoms with Gasteiger partial charge in [0, 0.05) is 22.8 Å². The standard InChI is InChI=1S/C23H18BrN5O2/c24-17-9-15(11-25)10-19-21(17)29-22(28-19)20-18(6-7-26-23(20)31)27-12-16(13-30)8-14-4-2-1-3-5-14/h1-7,9-10,12,16,30H,8,13H2,(H,26,31)(H,28,29). The number of fused-ring (bicyclic) bond motifs is 1. The monoisotopic (exact) mass is 475 g/mol. The molecule has 0 radical (unpaired) electrons. The molecule has 0 aliphatic carbocycles. The number of nitrogens with one attached hydrogen (secondary N) is 2. The molecule has 0 spiro atoms. The van der Waals surface area contributed by atoms with Crippen LogP contribution in [0.15, 0.2) is 69.0 Å². The number of benzene rings is 2. The molecule has 154 valence electrons. The van der Waals surface area contributed by atoms with Crippen LogP contribution in [-0.4, -0.2) is 32.9 Å². The summed E-state index contributed by atoms with van der Waals surface area (Å²) in [4.78, 5) is 27.4. The summed E-state index contributed by atoms with van der Waals surface area (Å²) >= 11 is 3.43. The molecule has 0 saturated heterocycles. The molecule has 0 fully saturated rings. The van der Waals surface area contributed by atoms with E-state index in [1.165, 1.54) is 6.20 Å². The number of rotatable bonds is 6. The largest absolute Gasteiger partial charge is 0.396 e. The number of nitriles is 1. The van der Waals surface area contributed by atoms with Crippen molar-refractivity contribution in [3.63, 3.8) is 0 Å². The van der Waals surface area contributed by atoms with Gasteiger partial charge < -0.3 is 15.1 Å². The summed E-state index contributed by atoms with van der Waals surface area (Å²) in [5.74, 6) is 0.154. The van der Waals surface area contributed by atoms with E-state index < -0.39 is 0 Å². The van der Waals surface area contributed by atoms with Crippen molar-refractivity contribution < 1.29 is 5.11 Å². The van der Waals surface area contributed by atoms with Gasteiger partial charge in [0.15, 0.2) is 0 Å². The molecule has 0 amide bonds. The van der Waals surface area contributed by atoms with Gasteiger partial charge in [0.1, 0.15) is 16.9 Å². The van der Waals surface area contributed by atoms with Crippen LogP contribution in [0.25, 0.3) is 22.4 Å². The van der Waals surface area contributed by atoms with Crippen LogP contribution in [0.1, 0.15) is 11.1 Å². The third kappa shape index (κ3) is 4.48. The highest BCUT2D eigenvalue weighted by Gasteiger charge is 2.16. The van der Waals surface area contributed by atoms with Crippen molar-refractivity contribution in [3.8, 4) is 17.5 Å². The molecular weight excluding hydrogens is 458 g/mol. The Morgan fingerprint density at radius 1 is 1.26 bits per heavy atom. The summed E-state index contributed by atoms with van der Waals surface area (Å²) in [6.45, 7) is -0.0640. The lowest BCUT2D eigenvalue weighted by atomic mass is 10.0. The van der Waals surface area contributed by atoms with Gasteiger partial charge in [0.25, 0.3) is 5.56 Å². The minimum atomic E-state index is -0.339. The Morgan fingerprint density at radius 2 is 2.06 bits per heavy atom. The van der Waals surface area contributed by atoms with E-state index in [2.05, 4.69) is 41.9 Å². The van der Waals surface area contributed by atoms with Crippen molar-refractivity contribution in [1.29, 1.82) is 5.26 Å². The van der Waals surface area contributed by atoms with E-state index in [-0.39, 0.29) is 23.6 Å². The molecule has 7 nitrogen and oxygen atoms in total. The number of nitrogens with zero attached hydrogens (tertiary/aromatic N) is 3. The van der Waals surface area contributed by atoms with Gasteiger partial charge in [0.2, 0.25) is 0 Å². The predicted octanol–water partition coefficient (Wildman–Crippen LogP) is 4.11. The number of hydrogen-bond donors (Lipinski definition) is 3. The lowest BCUT2D eigenvalue weighted by molar-refractivity contribution is 0.263. The Balaban J connectivity index is 1.72. The minimum Gasteiger partial charge on any atom is -0.396 e. The van der Waals surface area contributed by atoms with Crippen LogP contribution in [-0.2, 0) is 6.42 Å². The number of aliphatic imine (C=N–C) groups is 1. The highest BCUT2D eigenvalue weighted by atomic mass is 79.9. The molecule has 4 rings (SSSR count). The van der Waals surface area contributed by atoms with Crippen LogP contribution in [0, 0.1) is 17.2 Å². The topological polar surface area (TPSA) is 118 Å². The molecule has 8 heteroatoms. The number of hydrogen-bond acceptors (Lipinski definition) is 5. The third-order valence-corrected chi connectivity index (χ3v) is 5.45. The number of aliphatic hydroxyl groups excluding tert-OH is 1. The fourth-order valence-electron chi connectivity index (χ4n) is 3.33. The van der Waals surface area contributed by atoms with Gasteiger partial charge >= 0.3 is 0 Å². The minimum absolute atomic E-state index is 0.0640. The summed E-state index contributed by atoms with van der Waals surface area (Å²) in [6, 6.07) is 17.0. The summed E-state index contributed by atoms with van der Waals surface area (Å²) in [6.07, 6.45) is 3.82. The fraction of sp³-hybridized carbons (Fsp3) is 0.130. The molecular formula is C23H18BrN5O2. The smallest absolute Gasteiger partial charge is 0.261 e. The first-order valence-corrected chi connectivity index (χ1v) is 10.4. The molecule has 1 unspecified atom stereocenters. The van der Waals surface area contributed by atoms with Crippen LogP contribution in [0.5, 0.6) is 0 Å². The number of aromatic nitrogens is 3. The average molecular weight is 476 g/mol. The lowest BCUT2D eigenvalue weighted by Gasteiger charge is -2.09. The first-order valence-electron chi connectivity index (χ1n) is 9.59. The maximum atomic E-state index is 12.6. The van der Waals surface area contributed by atoms with Crippen LogP contribution in [0.4, 0.5) is 5.69 Å². The van der Waals surface area contributed by atoms with E-state index in [0.717, 1.165) is 5.56 Å². The van der Waals surface area contributed by atoms with E-state index in [4.69, 9.17) is 0 Å². The highest BCUT2D eigenvalue weighted by molar-refractivity contribution is 9.10. The maximum absolute atomic E-state index is 12.6. The molecule has 2 aromatic heterocycles. The predicted molar refractivity (Wildman–Crippen MR) is 123 cm³/mol. The van der Waals surface area contributed by atoms with Gasteiger partial charge in [-0.1, -0.05) is 30.3 Å². The van der Waals surface area contributed by atoms with Gasteiger partial charge in [-0.3, -0.25) is 9.79 Å². The summed E-state index contributed by atoms with van der Waals surface area (Å²) in [7, 11) is 0. The van der Waals surface area contributed by atoms with Crippen molar-refractivity contribution in [2.75, 3.05) is 6.61 Å². The van der Waals surface area contributed by atoms with Gasteiger partial charge in [-0.25, -0.2) is 4.98 Å². The van der Waals surface area contributed by atoms with Crippen LogP contribution < -0.4 is 5.56 Å². The quantitative estimate of drug-likeness (QED) is 0.363. The number of halogens is 1. The number of aromatic amines is 2. The molecule has 0 aliphatic rings. The zero-order chi connectivity index (χ0) is 21.8. The van der Waals surface area contributed by atoms with Crippen molar-refractivity contribution in [1.82, 2.24) is 15.0 Å². The third-order valence-electron chi connectivity index (χ3n) is 4.84. The maximum Gasteiger partial charge on any atom is 0.261 e. The van der Waals surface area contributed by atoms with Gasteiger partial charge in [0.05, 0.1) is 29.4 Å². The second kappa shape index (κ2) is 9.08. The first-order chi connectivity index (χ1) is 15.1. The Labute approximate surface area is 186 Å². The molecule has 31 heavy (non-hydrogen) atoms. The van der Waals surface area contributed by atoms with Crippen molar-refractivity contribution in [3.05, 3.63) is 80.7 Å². The summed E-state index contributed by atoms with van der Waals surface area (Å²) < 4.78 is 0.657. The zero-order valence-corrected chi connectivity index (χ0v) is 17.9. The van der Waals surface area contributed by atoms with Crippen molar-refractivity contribution >= 4 is 38.9 Å². The average Bonchev–Trinajstić information content (AvgIpc) is 3.21. The van der Waals surface area contributed by atoms with Gasteiger partial charge in [-0.05, 0) is 46.1 Å². The van der Waals surface area contributed by atoms with Crippen LogP contribution in [0.2, 0.25) is 0 Å². The Bertz CT molecular complexity index is 1350. The SMILES string of the molecule is N#Cc1cc(Br)c2nc(-c3c(N=CC(CO)Cc4ccccc4)cc[nH]c3=O)[nH]c2c1. The fourth-order valence-corrected chi connectivity index (χ4v) is 3.88. The lowest BCUT2D eigenvalue weighted by Crippen LogP contribution is -2.12. The molecule has 1 atom stereocenters. The van der Waals surface area contributed by atoms with Gasteiger partial charge in [-0.15, -0.1) is 0 Å². The van der Waals surface area contributed by atoms with E-state index in [0.29, 0.717) is 39.0 Å². The van der Waals surface area contributed by atoms with Crippen LogP contribution >= 0.6 is 15.9 Å².